The number of methoxy groups -OCH3 is 1. The molecule has 4 aromatic rings. The molecule has 1 aliphatic rings. The quantitative estimate of drug-likeness (QED) is 0.431. The second-order valence-electron chi connectivity index (χ2n) is 8.72. The average molecular weight is 473 g/mol. The van der Waals surface area contributed by atoms with E-state index in [-0.39, 0.29) is 12.7 Å². The number of nitrogens with zero attached hydrogens (tertiary/aromatic N) is 3. The van der Waals surface area contributed by atoms with E-state index in [2.05, 4.69) is 24.4 Å². The van der Waals surface area contributed by atoms with Crippen molar-refractivity contribution in [2.45, 2.75) is 40.2 Å². The van der Waals surface area contributed by atoms with Crippen molar-refractivity contribution in [2.24, 2.45) is 0 Å². The first-order chi connectivity index (χ1) is 16.9. The van der Waals surface area contributed by atoms with Crippen LogP contribution in [0, 0.1) is 20.8 Å². The molecule has 1 aliphatic heterocycles. The van der Waals surface area contributed by atoms with Gasteiger partial charge in [-0.2, -0.15) is 10.1 Å². The Labute approximate surface area is 203 Å². The van der Waals surface area contributed by atoms with Crippen LogP contribution < -0.4 is 19.5 Å². The molecule has 8 heteroatoms. The Morgan fingerprint density at radius 2 is 1.86 bits per heavy atom. The SMILES string of the molecule is COc1nc2c(c(C)nn2-c2ccc(C)cc2)c(C)c1CCC(=O)NCc1ccc2c(c1)OCO2. The summed E-state index contributed by atoms with van der Waals surface area (Å²) in [5, 5.41) is 8.72. The van der Waals surface area contributed by atoms with E-state index in [1.807, 2.05) is 48.9 Å². The maximum absolute atomic E-state index is 12.6. The molecular weight excluding hydrogens is 444 g/mol. The van der Waals surface area contributed by atoms with Gasteiger partial charge in [-0.15, -0.1) is 0 Å². The van der Waals surface area contributed by atoms with E-state index in [0.29, 0.717) is 31.0 Å². The summed E-state index contributed by atoms with van der Waals surface area (Å²) in [7, 11) is 1.61. The van der Waals surface area contributed by atoms with Crippen LogP contribution in [0.25, 0.3) is 16.7 Å². The molecule has 0 saturated heterocycles. The lowest BCUT2D eigenvalue weighted by molar-refractivity contribution is -0.121. The van der Waals surface area contributed by atoms with Crippen molar-refractivity contribution in [3.05, 3.63) is 70.4 Å². The molecule has 2 aromatic carbocycles. The van der Waals surface area contributed by atoms with Crippen LogP contribution in [0.15, 0.2) is 42.5 Å². The Bertz CT molecular complexity index is 1410. The molecule has 0 saturated carbocycles. The highest BCUT2D eigenvalue weighted by Crippen LogP contribution is 2.33. The maximum Gasteiger partial charge on any atom is 0.231 e. The average Bonchev–Trinajstić information content (AvgIpc) is 3.46. The van der Waals surface area contributed by atoms with Gasteiger partial charge in [0.1, 0.15) is 0 Å². The summed E-state index contributed by atoms with van der Waals surface area (Å²) in [5.74, 6) is 1.91. The predicted molar refractivity (Wildman–Crippen MR) is 132 cm³/mol. The Hall–Kier alpha value is -4.07. The van der Waals surface area contributed by atoms with Crippen LogP contribution in [-0.4, -0.2) is 34.6 Å². The molecule has 8 nitrogen and oxygen atoms in total. The number of hydrogen-bond acceptors (Lipinski definition) is 6. The number of carbonyl (C=O) groups is 1. The first kappa shape index (κ1) is 22.7. The largest absolute Gasteiger partial charge is 0.481 e. The summed E-state index contributed by atoms with van der Waals surface area (Å²) in [4.78, 5) is 17.4. The van der Waals surface area contributed by atoms with Crippen molar-refractivity contribution < 1.29 is 19.0 Å². The molecule has 0 spiro atoms. The van der Waals surface area contributed by atoms with Gasteiger partial charge >= 0.3 is 0 Å². The second-order valence-corrected chi connectivity index (χ2v) is 8.72. The molecule has 1 amide bonds. The number of aryl methyl sites for hydroxylation is 3. The summed E-state index contributed by atoms with van der Waals surface area (Å²) in [5.41, 5.74) is 6.68. The van der Waals surface area contributed by atoms with Crippen LogP contribution in [0.1, 0.15) is 34.4 Å². The van der Waals surface area contributed by atoms with Gasteiger partial charge in [0, 0.05) is 23.9 Å². The fraction of sp³-hybridized carbons (Fsp3) is 0.296. The molecule has 0 fully saturated rings. The second kappa shape index (κ2) is 9.29. The number of benzene rings is 2. The normalized spacial score (nSPS) is 12.2. The summed E-state index contributed by atoms with van der Waals surface area (Å²) < 4.78 is 18.2. The number of pyridine rings is 1. The van der Waals surface area contributed by atoms with Gasteiger partial charge in [-0.3, -0.25) is 4.79 Å². The number of nitrogens with one attached hydrogen (secondary N) is 1. The van der Waals surface area contributed by atoms with Gasteiger partial charge in [0.25, 0.3) is 0 Å². The lowest BCUT2D eigenvalue weighted by Crippen LogP contribution is -2.23. The third kappa shape index (κ3) is 4.39. The highest BCUT2D eigenvalue weighted by atomic mass is 16.7. The van der Waals surface area contributed by atoms with E-state index in [1.165, 1.54) is 5.56 Å². The molecular formula is C27H28N4O4. The minimum absolute atomic E-state index is 0.0451. The van der Waals surface area contributed by atoms with Crippen molar-refractivity contribution >= 4 is 16.9 Å². The van der Waals surface area contributed by atoms with Gasteiger partial charge in [-0.05, 0) is 62.6 Å². The number of fused-ring (bicyclic) bond motifs is 2. The third-order valence-electron chi connectivity index (χ3n) is 6.33. The summed E-state index contributed by atoms with van der Waals surface area (Å²) in [6.07, 6.45) is 0.833. The number of aromatic nitrogens is 3. The van der Waals surface area contributed by atoms with Crippen molar-refractivity contribution in [1.82, 2.24) is 20.1 Å². The van der Waals surface area contributed by atoms with E-state index < -0.39 is 0 Å². The van der Waals surface area contributed by atoms with Gasteiger partial charge in [-0.1, -0.05) is 23.8 Å². The Kier molecular flexibility index (Phi) is 6.03. The number of ether oxygens (including phenoxy) is 3. The van der Waals surface area contributed by atoms with Gasteiger partial charge in [0.15, 0.2) is 17.1 Å². The molecule has 0 unspecified atom stereocenters. The van der Waals surface area contributed by atoms with Crippen molar-refractivity contribution in [1.29, 1.82) is 0 Å². The van der Waals surface area contributed by atoms with Crippen LogP contribution in [0.4, 0.5) is 0 Å². The Morgan fingerprint density at radius 1 is 1.09 bits per heavy atom. The van der Waals surface area contributed by atoms with Gasteiger partial charge < -0.3 is 19.5 Å². The molecule has 0 atom stereocenters. The molecule has 0 bridgehead atoms. The van der Waals surface area contributed by atoms with Crippen LogP contribution >= 0.6 is 0 Å². The topological polar surface area (TPSA) is 87.5 Å². The minimum atomic E-state index is -0.0451. The first-order valence-electron chi connectivity index (χ1n) is 11.6. The van der Waals surface area contributed by atoms with E-state index >= 15 is 0 Å². The molecule has 35 heavy (non-hydrogen) atoms. The molecule has 5 rings (SSSR count). The zero-order chi connectivity index (χ0) is 24.5. The zero-order valence-corrected chi connectivity index (χ0v) is 20.3. The molecule has 1 N–H and O–H groups in total. The summed E-state index contributed by atoms with van der Waals surface area (Å²) in [6.45, 7) is 6.73. The zero-order valence-electron chi connectivity index (χ0n) is 20.3. The highest BCUT2D eigenvalue weighted by molar-refractivity contribution is 5.86. The fourth-order valence-corrected chi connectivity index (χ4v) is 4.44. The standard InChI is InChI=1S/C27H28N4O4/c1-16-5-8-20(9-6-16)31-26-25(18(3)30-31)17(2)21(27(29-26)33-4)10-12-24(32)28-14-19-7-11-22-23(13-19)35-15-34-22/h5-9,11,13H,10,12,14-15H2,1-4H3,(H,28,32). The van der Waals surface area contributed by atoms with Crippen molar-refractivity contribution in [3.8, 4) is 23.1 Å². The smallest absolute Gasteiger partial charge is 0.231 e. The Morgan fingerprint density at radius 3 is 2.63 bits per heavy atom. The van der Waals surface area contributed by atoms with E-state index in [9.17, 15) is 4.79 Å². The van der Waals surface area contributed by atoms with E-state index in [4.69, 9.17) is 24.3 Å². The molecule has 2 aromatic heterocycles. The summed E-state index contributed by atoms with van der Waals surface area (Å²) >= 11 is 0. The molecule has 3 heterocycles. The minimum Gasteiger partial charge on any atom is -0.481 e. The predicted octanol–water partition coefficient (Wildman–Crippen LogP) is 4.33. The number of rotatable bonds is 7. The third-order valence-corrected chi connectivity index (χ3v) is 6.33. The number of carbonyl (C=O) groups excluding carboxylic acids is 1. The van der Waals surface area contributed by atoms with Gasteiger partial charge in [0.05, 0.1) is 18.5 Å². The summed E-state index contributed by atoms with van der Waals surface area (Å²) in [6, 6.07) is 13.8. The first-order valence-corrected chi connectivity index (χ1v) is 11.6. The van der Waals surface area contributed by atoms with Gasteiger partial charge in [0.2, 0.25) is 18.6 Å². The van der Waals surface area contributed by atoms with Crippen LogP contribution in [0.2, 0.25) is 0 Å². The monoisotopic (exact) mass is 472 g/mol. The van der Waals surface area contributed by atoms with Crippen molar-refractivity contribution in [3.63, 3.8) is 0 Å². The fourth-order valence-electron chi connectivity index (χ4n) is 4.44. The lowest BCUT2D eigenvalue weighted by atomic mass is 10.0. The van der Waals surface area contributed by atoms with Crippen LogP contribution in [0.3, 0.4) is 0 Å². The molecule has 180 valence electrons. The number of amides is 1. The highest BCUT2D eigenvalue weighted by Gasteiger charge is 2.20. The Balaban J connectivity index is 1.34. The van der Waals surface area contributed by atoms with Gasteiger partial charge in [-0.25, -0.2) is 4.68 Å². The lowest BCUT2D eigenvalue weighted by Gasteiger charge is -2.13. The van der Waals surface area contributed by atoms with Crippen molar-refractivity contribution in [2.75, 3.05) is 13.9 Å². The van der Waals surface area contributed by atoms with Crippen LogP contribution in [-0.2, 0) is 17.8 Å². The maximum atomic E-state index is 12.6. The molecule has 0 radical (unpaired) electrons. The molecule has 0 aliphatic carbocycles. The number of hydrogen-bond donors (Lipinski definition) is 1. The van der Waals surface area contributed by atoms with Crippen LogP contribution in [0.5, 0.6) is 17.4 Å². The van der Waals surface area contributed by atoms with E-state index in [0.717, 1.165) is 44.9 Å². The van der Waals surface area contributed by atoms with E-state index in [1.54, 1.807) is 7.11 Å².